The van der Waals surface area contributed by atoms with Crippen molar-refractivity contribution in [3.8, 4) is 0 Å². The highest BCUT2D eigenvalue weighted by Gasteiger charge is 2.51. The molecule has 4 nitrogen and oxygen atoms in total. The van der Waals surface area contributed by atoms with Crippen LogP contribution < -0.4 is 10.2 Å². The molecule has 1 spiro atoms. The summed E-state index contributed by atoms with van der Waals surface area (Å²) in [4.78, 5) is 27.1. The quantitative estimate of drug-likeness (QED) is 0.897. The lowest BCUT2D eigenvalue weighted by Crippen LogP contribution is -2.69. The summed E-state index contributed by atoms with van der Waals surface area (Å²) >= 11 is 0. The number of benzene rings is 1. The zero-order valence-corrected chi connectivity index (χ0v) is 11.8. The number of nitrogens with zero attached hydrogens (tertiary/aromatic N) is 1. The van der Waals surface area contributed by atoms with E-state index < -0.39 is 11.6 Å². The number of anilines is 1. The minimum atomic E-state index is -0.654. The number of hydrogen-bond acceptors (Lipinski definition) is 2. The fourth-order valence-electron chi connectivity index (χ4n) is 3.43. The van der Waals surface area contributed by atoms with Gasteiger partial charge in [-0.1, -0.05) is 38.0 Å². The molecule has 20 heavy (non-hydrogen) atoms. The number of rotatable bonds is 2. The molecule has 1 N–H and O–H groups in total. The van der Waals surface area contributed by atoms with Gasteiger partial charge in [0.05, 0.1) is 0 Å². The van der Waals surface area contributed by atoms with Crippen LogP contribution in [0.2, 0.25) is 0 Å². The Kier molecular flexibility index (Phi) is 3.24. The molecule has 1 aliphatic carbocycles. The Morgan fingerprint density at radius 2 is 1.85 bits per heavy atom. The molecule has 1 aliphatic heterocycles. The van der Waals surface area contributed by atoms with Gasteiger partial charge in [0.25, 0.3) is 5.91 Å². The molecule has 2 fully saturated rings. The van der Waals surface area contributed by atoms with Crippen LogP contribution in [-0.4, -0.2) is 23.4 Å². The van der Waals surface area contributed by atoms with Crippen molar-refractivity contribution in [2.24, 2.45) is 0 Å². The number of carbonyl (C=O) groups excluding carboxylic acids is 2. The van der Waals surface area contributed by atoms with Gasteiger partial charge in [-0.2, -0.15) is 0 Å². The number of hydrogen-bond donors (Lipinski definition) is 1. The standard InChI is InChI=1S/C16H20N2O2/c1-2-13-14(19)17-16(10-6-7-11-16)15(20)18(13)12-8-4-3-5-9-12/h3-5,8-9,13H,2,6-7,10-11H2,1H3,(H,17,19). The summed E-state index contributed by atoms with van der Waals surface area (Å²) in [5.74, 6) is 0.0468. The highest BCUT2D eigenvalue weighted by Crippen LogP contribution is 2.37. The van der Waals surface area contributed by atoms with Crippen molar-refractivity contribution in [2.75, 3.05) is 4.90 Å². The SMILES string of the molecule is CCC1C(=O)NC2(CCCC2)C(=O)N1c1ccccc1. The molecular weight excluding hydrogens is 252 g/mol. The third-order valence-electron chi connectivity index (χ3n) is 4.48. The van der Waals surface area contributed by atoms with Gasteiger partial charge in [0.15, 0.2) is 0 Å². The first kappa shape index (κ1) is 13.2. The van der Waals surface area contributed by atoms with E-state index in [-0.39, 0.29) is 11.8 Å². The number of carbonyl (C=O) groups is 2. The van der Waals surface area contributed by atoms with E-state index in [9.17, 15) is 9.59 Å². The maximum absolute atomic E-state index is 13.0. The summed E-state index contributed by atoms with van der Waals surface area (Å²) in [5, 5.41) is 3.01. The molecule has 1 unspecified atom stereocenters. The number of piperazine rings is 1. The van der Waals surface area contributed by atoms with Crippen LogP contribution in [0.3, 0.4) is 0 Å². The van der Waals surface area contributed by atoms with Crippen molar-refractivity contribution >= 4 is 17.5 Å². The average molecular weight is 272 g/mol. The Labute approximate surface area is 119 Å². The number of para-hydroxylation sites is 1. The van der Waals surface area contributed by atoms with E-state index in [0.29, 0.717) is 6.42 Å². The highest BCUT2D eigenvalue weighted by molar-refractivity contribution is 6.10. The van der Waals surface area contributed by atoms with E-state index in [2.05, 4.69) is 5.32 Å². The first-order chi connectivity index (χ1) is 9.68. The largest absolute Gasteiger partial charge is 0.340 e. The first-order valence-electron chi connectivity index (χ1n) is 7.39. The Bertz CT molecular complexity index is 521. The van der Waals surface area contributed by atoms with E-state index in [1.54, 1.807) is 4.90 Å². The molecule has 2 amide bonds. The molecule has 1 aromatic rings. The molecule has 1 heterocycles. The normalized spacial score (nSPS) is 25.1. The molecule has 0 bridgehead atoms. The molecule has 2 aliphatic rings. The minimum Gasteiger partial charge on any atom is -0.340 e. The Morgan fingerprint density at radius 1 is 1.20 bits per heavy atom. The van der Waals surface area contributed by atoms with Crippen molar-refractivity contribution in [2.45, 2.75) is 50.6 Å². The molecule has 1 saturated heterocycles. The van der Waals surface area contributed by atoms with Crippen LogP contribution in [0.5, 0.6) is 0 Å². The van der Waals surface area contributed by atoms with Crippen LogP contribution in [0, 0.1) is 0 Å². The first-order valence-corrected chi connectivity index (χ1v) is 7.39. The van der Waals surface area contributed by atoms with Gasteiger partial charge < -0.3 is 5.32 Å². The van der Waals surface area contributed by atoms with Gasteiger partial charge in [0, 0.05) is 5.69 Å². The van der Waals surface area contributed by atoms with Crippen LogP contribution >= 0.6 is 0 Å². The summed E-state index contributed by atoms with van der Waals surface area (Å²) in [6.45, 7) is 1.94. The second-order valence-corrected chi connectivity index (χ2v) is 5.71. The maximum Gasteiger partial charge on any atom is 0.253 e. The summed E-state index contributed by atoms with van der Waals surface area (Å²) in [6.07, 6.45) is 4.16. The molecule has 106 valence electrons. The summed E-state index contributed by atoms with van der Waals surface area (Å²) in [7, 11) is 0. The smallest absolute Gasteiger partial charge is 0.253 e. The third kappa shape index (κ3) is 1.90. The van der Waals surface area contributed by atoms with Crippen molar-refractivity contribution < 1.29 is 9.59 Å². The fraction of sp³-hybridized carbons (Fsp3) is 0.500. The van der Waals surface area contributed by atoms with Crippen LogP contribution in [0.25, 0.3) is 0 Å². The second-order valence-electron chi connectivity index (χ2n) is 5.71. The Balaban J connectivity index is 2.03. The number of amides is 2. The molecular formula is C16H20N2O2. The van der Waals surface area contributed by atoms with Crippen molar-refractivity contribution in [1.29, 1.82) is 0 Å². The van der Waals surface area contributed by atoms with Crippen LogP contribution in [0.1, 0.15) is 39.0 Å². The fourth-order valence-corrected chi connectivity index (χ4v) is 3.43. The summed E-state index contributed by atoms with van der Waals surface area (Å²) < 4.78 is 0. The van der Waals surface area contributed by atoms with Crippen molar-refractivity contribution in [3.63, 3.8) is 0 Å². The summed E-state index contributed by atoms with van der Waals surface area (Å²) in [6, 6.07) is 9.15. The zero-order chi connectivity index (χ0) is 14.2. The van der Waals surface area contributed by atoms with Gasteiger partial charge in [-0.05, 0) is 31.4 Å². The minimum absolute atomic E-state index is 0.0159. The van der Waals surface area contributed by atoms with Crippen LogP contribution in [0.15, 0.2) is 30.3 Å². The lowest BCUT2D eigenvalue weighted by molar-refractivity contribution is -0.138. The Hall–Kier alpha value is -1.84. The Morgan fingerprint density at radius 3 is 2.45 bits per heavy atom. The molecule has 3 rings (SSSR count). The second kappa shape index (κ2) is 4.93. The van der Waals surface area contributed by atoms with E-state index >= 15 is 0 Å². The maximum atomic E-state index is 13.0. The van der Waals surface area contributed by atoms with Gasteiger partial charge in [-0.15, -0.1) is 0 Å². The monoisotopic (exact) mass is 272 g/mol. The lowest BCUT2D eigenvalue weighted by atomic mass is 9.89. The van der Waals surface area contributed by atoms with E-state index in [4.69, 9.17) is 0 Å². The van der Waals surface area contributed by atoms with Crippen LogP contribution in [0.4, 0.5) is 5.69 Å². The van der Waals surface area contributed by atoms with Gasteiger partial charge >= 0.3 is 0 Å². The molecule has 1 atom stereocenters. The molecule has 1 saturated carbocycles. The molecule has 4 heteroatoms. The van der Waals surface area contributed by atoms with Gasteiger partial charge in [-0.25, -0.2) is 0 Å². The third-order valence-corrected chi connectivity index (χ3v) is 4.48. The van der Waals surface area contributed by atoms with E-state index in [1.165, 1.54) is 0 Å². The van der Waals surface area contributed by atoms with Crippen LogP contribution in [-0.2, 0) is 9.59 Å². The highest BCUT2D eigenvalue weighted by atomic mass is 16.2. The van der Waals surface area contributed by atoms with Crippen molar-refractivity contribution in [1.82, 2.24) is 5.32 Å². The van der Waals surface area contributed by atoms with Crippen molar-refractivity contribution in [3.05, 3.63) is 30.3 Å². The van der Waals surface area contributed by atoms with Gasteiger partial charge in [-0.3, -0.25) is 14.5 Å². The summed E-state index contributed by atoms with van der Waals surface area (Å²) in [5.41, 5.74) is 0.170. The van der Waals surface area contributed by atoms with Gasteiger partial charge in [0.1, 0.15) is 11.6 Å². The lowest BCUT2D eigenvalue weighted by Gasteiger charge is -2.44. The molecule has 1 aromatic carbocycles. The average Bonchev–Trinajstić information content (AvgIpc) is 2.93. The van der Waals surface area contributed by atoms with Gasteiger partial charge in [0.2, 0.25) is 5.91 Å². The molecule has 0 radical (unpaired) electrons. The van der Waals surface area contributed by atoms with E-state index in [1.807, 2.05) is 37.3 Å². The predicted molar refractivity (Wildman–Crippen MR) is 77.3 cm³/mol. The topological polar surface area (TPSA) is 49.4 Å². The molecule has 0 aromatic heterocycles. The number of nitrogens with one attached hydrogen (secondary N) is 1. The zero-order valence-electron chi connectivity index (χ0n) is 11.8. The van der Waals surface area contributed by atoms with E-state index in [0.717, 1.165) is 31.4 Å². The predicted octanol–water partition coefficient (Wildman–Crippen LogP) is 2.24.